The number of anilines is 1. The number of hydrogen-bond donors (Lipinski definition) is 1. The van der Waals surface area contributed by atoms with Crippen molar-refractivity contribution in [2.24, 2.45) is 5.73 Å². The third-order valence-electron chi connectivity index (χ3n) is 4.51. The largest absolute Gasteiger partial charge is 0.378 e. The Morgan fingerprint density at radius 2 is 2.00 bits per heavy atom. The minimum atomic E-state index is 0.137. The minimum absolute atomic E-state index is 0.137. The van der Waals surface area contributed by atoms with Gasteiger partial charge in [-0.1, -0.05) is 11.6 Å². The Morgan fingerprint density at radius 3 is 2.58 bits per heavy atom. The number of halogens is 1. The summed E-state index contributed by atoms with van der Waals surface area (Å²) in [5.74, 6) is 0. The first kappa shape index (κ1) is 13.2. The summed E-state index contributed by atoms with van der Waals surface area (Å²) < 4.78 is 5.44. The molecule has 0 spiro atoms. The maximum Gasteiger partial charge on any atom is 0.0642 e. The van der Waals surface area contributed by atoms with Crippen molar-refractivity contribution in [3.8, 4) is 0 Å². The van der Waals surface area contributed by atoms with E-state index in [0.717, 1.165) is 31.3 Å². The van der Waals surface area contributed by atoms with Crippen LogP contribution in [0.1, 0.15) is 25.3 Å². The second-order valence-corrected chi connectivity index (χ2v) is 6.14. The van der Waals surface area contributed by atoms with Gasteiger partial charge in [-0.2, -0.15) is 0 Å². The van der Waals surface area contributed by atoms with Crippen molar-refractivity contribution in [3.05, 3.63) is 28.8 Å². The zero-order chi connectivity index (χ0) is 13.5. The first-order valence-corrected chi connectivity index (χ1v) is 7.39. The molecule has 2 fully saturated rings. The normalized spacial score (nSPS) is 23.2. The lowest BCUT2D eigenvalue weighted by atomic mass is 9.87. The third-order valence-corrected chi connectivity index (χ3v) is 4.74. The average molecular weight is 281 g/mol. The summed E-state index contributed by atoms with van der Waals surface area (Å²) in [6, 6.07) is 6.41. The molecule has 1 aromatic rings. The van der Waals surface area contributed by atoms with Crippen LogP contribution < -0.4 is 10.6 Å². The van der Waals surface area contributed by atoms with Crippen LogP contribution in [0, 0.1) is 0 Å². The molecule has 0 amide bonds. The molecular weight excluding hydrogens is 260 g/mol. The number of nitrogens with two attached hydrogens (primary N) is 1. The highest BCUT2D eigenvalue weighted by Gasteiger charge is 2.49. The predicted molar refractivity (Wildman–Crippen MR) is 79.0 cm³/mol. The standard InChI is InChI=1S/C15H21ClN2O/c1-11(17)15(4-5-15)13-10-12(16)2-3-14(13)18-6-8-19-9-7-18/h2-3,10-11H,4-9,17H2,1H3. The minimum Gasteiger partial charge on any atom is -0.378 e. The SMILES string of the molecule is CC(N)C1(c2cc(Cl)ccc2N2CCOCC2)CC1. The van der Waals surface area contributed by atoms with Gasteiger partial charge in [-0.15, -0.1) is 0 Å². The van der Waals surface area contributed by atoms with Crippen LogP contribution in [0.3, 0.4) is 0 Å². The van der Waals surface area contributed by atoms with E-state index in [1.165, 1.54) is 24.1 Å². The van der Waals surface area contributed by atoms with E-state index in [1.807, 2.05) is 6.07 Å². The van der Waals surface area contributed by atoms with Crippen LogP contribution in [-0.2, 0) is 10.2 Å². The fraction of sp³-hybridized carbons (Fsp3) is 0.600. The summed E-state index contributed by atoms with van der Waals surface area (Å²) in [6.07, 6.45) is 2.34. The van der Waals surface area contributed by atoms with Crippen LogP contribution in [0.2, 0.25) is 5.02 Å². The van der Waals surface area contributed by atoms with Gasteiger partial charge in [0, 0.05) is 35.3 Å². The van der Waals surface area contributed by atoms with Crippen molar-refractivity contribution < 1.29 is 4.74 Å². The van der Waals surface area contributed by atoms with E-state index >= 15 is 0 Å². The van der Waals surface area contributed by atoms with Crippen molar-refractivity contribution in [1.29, 1.82) is 0 Å². The molecular formula is C15H21ClN2O. The summed E-state index contributed by atoms with van der Waals surface area (Å²) in [7, 11) is 0. The number of ether oxygens (including phenoxy) is 1. The smallest absolute Gasteiger partial charge is 0.0642 e. The predicted octanol–water partition coefficient (Wildman–Crippen LogP) is 2.56. The molecule has 1 unspecified atom stereocenters. The number of benzene rings is 1. The van der Waals surface area contributed by atoms with Gasteiger partial charge in [0.25, 0.3) is 0 Å². The van der Waals surface area contributed by atoms with E-state index in [1.54, 1.807) is 0 Å². The van der Waals surface area contributed by atoms with Gasteiger partial charge in [0.1, 0.15) is 0 Å². The second kappa shape index (κ2) is 4.97. The van der Waals surface area contributed by atoms with Crippen molar-refractivity contribution >= 4 is 17.3 Å². The molecule has 1 saturated heterocycles. The number of morpholine rings is 1. The Bertz CT molecular complexity index is 465. The van der Waals surface area contributed by atoms with E-state index in [9.17, 15) is 0 Å². The zero-order valence-electron chi connectivity index (χ0n) is 11.4. The molecule has 1 atom stereocenters. The molecule has 1 aliphatic heterocycles. The summed E-state index contributed by atoms with van der Waals surface area (Å²) in [5.41, 5.74) is 8.99. The van der Waals surface area contributed by atoms with Crippen LogP contribution in [0.25, 0.3) is 0 Å². The van der Waals surface area contributed by atoms with Crippen molar-refractivity contribution in [3.63, 3.8) is 0 Å². The second-order valence-electron chi connectivity index (χ2n) is 5.71. The third kappa shape index (κ3) is 2.35. The summed E-state index contributed by atoms with van der Waals surface area (Å²) in [6.45, 7) is 5.60. The number of rotatable bonds is 3. The fourth-order valence-corrected chi connectivity index (χ4v) is 3.26. The molecule has 3 nitrogen and oxygen atoms in total. The van der Waals surface area contributed by atoms with Crippen LogP contribution in [0.15, 0.2) is 18.2 Å². The van der Waals surface area contributed by atoms with Crippen molar-refractivity contribution in [1.82, 2.24) is 0 Å². The highest BCUT2D eigenvalue weighted by Crippen LogP contribution is 2.53. The Kier molecular flexibility index (Phi) is 3.46. The van der Waals surface area contributed by atoms with E-state index in [-0.39, 0.29) is 11.5 Å². The lowest BCUT2D eigenvalue weighted by Gasteiger charge is -2.33. The number of hydrogen-bond acceptors (Lipinski definition) is 3. The molecule has 4 heteroatoms. The highest BCUT2D eigenvalue weighted by atomic mass is 35.5. The lowest BCUT2D eigenvalue weighted by Crippen LogP contribution is -2.39. The molecule has 3 rings (SSSR count). The molecule has 2 N–H and O–H groups in total. The zero-order valence-corrected chi connectivity index (χ0v) is 12.1. The summed E-state index contributed by atoms with van der Waals surface area (Å²) in [4.78, 5) is 2.40. The van der Waals surface area contributed by atoms with Gasteiger partial charge in [0.15, 0.2) is 0 Å². The number of nitrogens with zero attached hydrogens (tertiary/aromatic N) is 1. The van der Waals surface area contributed by atoms with Gasteiger partial charge in [0.2, 0.25) is 0 Å². The van der Waals surface area contributed by atoms with Gasteiger partial charge in [-0.3, -0.25) is 0 Å². The van der Waals surface area contributed by atoms with Gasteiger partial charge >= 0.3 is 0 Å². The Morgan fingerprint density at radius 1 is 1.32 bits per heavy atom. The molecule has 1 saturated carbocycles. The molecule has 1 aromatic carbocycles. The maximum atomic E-state index is 6.23. The molecule has 1 heterocycles. The lowest BCUT2D eigenvalue weighted by molar-refractivity contribution is 0.122. The van der Waals surface area contributed by atoms with Gasteiger partial charge in [-0.05, 0) is 43.5 Å². The summed E-state index contributed by atoms with van der Waals surface area (Å²) in [5, 5.41) is 0.805. The molecule has 0 bridgehead atoms. The summed E-state index contributed by atoms with van der Waals surface area (Å²) >= 11 is 6.21. The van der Waals surface area contributed by atoms with Crippen molar-refractivity contribution in [2.45, 2.75) is 31.2 Å². The first-order chi connectivity index (χ1) is 9.13. The molecule has 104 valence electrons. The fourth-order valence-electron chi connectivity index (χ4n) is 3.09. The Labute approximate surface area is 119 Å². The first-order valence-electron chi connectivity index (χ1n) is 7.02. The maximum absolute atomic E-state index is 6.23. The highest BCUT2D eigenvalue weighted by molar-refractivity contribution is 6.30. The molecule has 0 aromatic heterocycles. The molecule has 0 radical (unpaired) electrons. The topological polar surface area (TPSA) is 38.5 Å². The molecule has 1 aliphatic carbocycles. The van der Waals surface area contributed by atoms with Crippen LogP contribution in [0.5, 0.6) is 0 Å². The van der Waals surface area contributed by atoms with Crippen LogP contribution >= 0.6 is 11.6 Å². The van der Waals surface area contributed by atoms with E-state index in [0.29, 0.717) is 0 Å². The van der Waals surface area contributed by atoms with Gasteiger partial charge < -0.3 is 15.4 Å². The molecule has 19 heavy (non-hydrogen) atoms. The van der Waals surface area contributed by atoms with E-state index < -0.39 is 0 Å². The monoisotopic (exact) mass is 280 g/mol. The van der Waals surface area contributed by atoms with Crippen LogP contribution in [-0.4, -0.2) is 32.3 Å². The van der Waals surface area contributed by atoms with Crippen molar-refractivity contribution in [2.75, 3.05) is 31.2 Å². The van der Waals surface area contributed by atoms with Gasteiger partial charge in [0.05, 0.1) is 13.2 Å². The Balaban J connectivity index is 2.00. The average Bonchev–Trinajstić information content (AvgIpc) is 3.21. The van der Waals surface area contributed by atoms with E-state index in [2.05, 4.69) is 24.0 Å². The van der Waals surface area contributed by atoms with Gasteiger partial charge in [-0.25, -0.2) is 0 Å². The Hall–Kier alpha value is -0.770. The quantitative estimate of drug-likeness (QED) is 0.925. The van der Waals surface area contributed by atoms with Crippen LogP contribution in [0.4, 0.5) is 5.69 Å². The van der Waals surface area contributed by atoms with E-state index in [4.69, 9.17) is 22.1 Å². The molecule has 2 aliphatic rings.